The number of carbonyl (C=O) groups excluding carboxylic acids is 1. The van der Waals surface area contributed by atoms with E-state index >= 15 is 0 Å². The summed E-state index contributed by atoms with van der Waals surface area (Å²) in [5.41, 5.74) is 1.76. The third kappa shape index (κ3) is 6.67. The molecule has 0 aliphatic heterocycles. The maximum absolute atomic E-state index is 13.9. The van der Waals surface area contributed by atoms with Crippen LogP contribution < -0.4 is 4.74 Å². The van der Waals surface area contributed by atoms with Gasteiger partial charge in [0, 0.05) is 42.4 Å². The third-order valence-electron chi connectivity index (χ3n) is 9.84. The SMILES string of the molecule is COc1cc(C2CC(=O)CC(O)C(C3(c4ccc(O)c(O)c4)CCCCC3O)CC#CC2Cc2ccccc2)c(CO)cc1O. The lowest BCUT2D eigenvalue weighted by molar-refractivity contribution is -0.124. The van der Waals surface area contributed by atoms with Gasteiger partial charge in [-0.3, -0.25) is 4.79 Å². The molecule has 6 unspecified atom stereocenters. The minimum atomic E-state index is -1.13. The Bertz CT molecular complexity index is 1560. The van der Waals surface area contributed by atoms with Crippen LogP contribution in [0.2, 0.25) is 0 Å². The number of methoxy groups -OCH3 is 1. The third-order valence-corrected chi connectivity index (χ3v) is 9.84. The normalized spacial score (nSPS) is 27.3. The van der Waals surface area contributed by atoms with Gasteiger partial charge in [-0.15, -0.1) is 5.92 Å². The molecule has 6 atom stereocenters. The Labute approximate surface area is 264 Å². The molecule has 0 radical (unpaired) electrons. The number of aromatic hydroxyl groups is 3. The van der Waals surface area contributed by atoms with E-state index in [1.54, 1.807) is 12.1 Å². The minimum Gasteiger partial charge on any atom is -0.504 e. The molecule has 2 aliphatic rings. The number of hydrogen-bond donors (Lipinski definition) is 6. The van der Waals surface area contributed by atoms with Crippen molar-refractivity contribution < 1.29 is 40.2 Å². The summed E-state index contributed by atoms with van der Waals surface area (Å²) in [6, 6.07) is 17.5. The number of aliphatic hydroxyl groups is 3. The zero-order valence-corrected chi connectivity index (χ0v) is 25.5. The summed E-state index contributed by atoms with van der Waals surface area (Å²) in [4.78, 5) is 13.9. The van der Waals surface area contributed by atoms with Gasteiger partial charge in [-0.1, -0.05) is 55.2 Å². The van der Waals surface area contributed by atoms with Crippen LogP contribution in [-0.4, -0.2) is 55.7 Å². The van der Waals surface area contributed by atoms with Crippen LogP contribution in [0.4, 0.5) is 0 Å². The van der Waals surface area contributed by atoms with E-state index in [-0.39, 0.29) is 60.6 Å². The largest absolute Gasteiger partial charge is 0.504 e. The molecule has 2 aliphatic carbocycles. The van der Waals surface area contributed by atoms with Gasteiger partial charge in [-0.25, -0.2) is 0 Å². The van der Waals surface area contributed by atoms with E-state index in [2.05, 4.69) is 11.8 Å². The minimum absolute atomic E-state index is 0.0342. The lowest BCUT2D eigenvalue weighted by Crippen LogP contribution is -2.52. The van der Waals surface area contributed by atoms with Gasteiger partial charge >= 0.3 is 0 Å². The van der Waals surface area contributed by atoms with Gasteiger partial charge in [0.1, 0.15) is 5.78 Å². The number of phenolic OH excluding ortho intramolecular Hbond substituents is 3. The molecule has 0 saturated heterocycles. The molecule has 0 aromatic heterocycles. The average Bonchev–Trinajstić information content (AvgIpc) is 3.03. The number of aliphatic hydroxyl groups excluding tert-OH is 3. The van der Waals surface area contributed by atoms with Crippen molar-refractivity contribution >= 4 is 5.78 Å². The molecule has 1 fully saturated rings. The molecule has 45 heavy (non-hydrogen) atoms. The molecule has 238 valence electrons. The number of hydrogen-bond acceptors (Lipinski definition) is 8. The summed E-state index contributed by atoms with van der Waals surface area (Å²) >= 11 is 0. The summed E-state index contributed by atoms with van der Waals surface area (Å²) in [5, 5.41) is 64.5. The Morgan fingerprint density at radius 3 is 2.40 bits per heavy atom. The number of phenols is 3. The number of rotatable bonds is 7. The second-order valence-electron chi connectivity index (χ2n) is 12.4. The second kappa shape index (κ2) is 13.9. The lowest BCUT2D eigenvalue weighted by atomic mass is 9.57. The van der Waals surface area contributed by atoms with Crippen LogP contribution in [0.1, 0.15) is 73.1 Å². The van der Waals surface area contributed by atoms with Crippen molar-refractivity contribution in [3.63, 3.8) is 0 Å². The molecule has 0 amide bonds. The molecule has 8 nitrogen and oxygen atoms in total. The molecule has 0 heterocycles. The van der Waals surface area contributed by atoms with Gasteiger partial charge < -0.3 is 35.4 Å². The van der Waals surface area contributed by atoms with E-state index in [9.17, 15) is 35.4 Å². The van der Waals surface area contributed by atoms with Crippen molar-refractivity contribution in [1.82, 2.24) is 0 Å². The summed E-state index contributed by atoms with van der Waals surface area (Å²) < 4.78 is 5.38. The summed E-state index contributed by atoms with van der Waals surface area (Å²) in [5.74, 6) is 4.67. The molecule has 0 spiro atoms. The highest BCUT2D eigenvalue weighted by molar-refractivity contribution is 5.80. The van der Waals surface area contributed by atoms with Gasteiger partial charge in [-0.05, 0) is 65.8 Å². The molecule has 1 saturated carbocycles. The fourth-order valence-electron chi connectivity index (χ4n) is 7.55. The first-order valence-corrected chi connectivity index (χ1v) is 15.6. The Morgan fingerprint density at radius 1 is 0.933 bits per heavy atom. The summed E-state index contributed by atoms with van der Waals surface area (Å²) in [6.45, 7) is -0.354. The summed E-state index contributed by atoms with van der Waals surface area (Å²) in [7, 11) is 1.44. The Kier molecular flexibility index (Phi) is 10.0. The van der Waals surface area contributed by atoms with E-state index in [0.717, 1.165) is 18.4 Å². The highest BCUT2D eigenvalue weighted by atomic mass is 16.5. The topological polar surface area (TPSA) is 148 Å². The molecule has 3 aromatic carbocycles. The second-order valence-corrected chi connectivity index (χ2v) is 12.4. The fourth-order valence-corrected chi connectivity index (χ4v) is 7.55. The average molecular weight is 615 g/mol. The van der Waals surface area contributed by atoms with E-state index in [1.165, 1.54) is 25.3 Å². The van der Waals surface area contributed by atoms with Crippen molar-refractivity contribution in [3.05, 3.63) is 82.9 Å². The van der Waals surface area contributed by atoms with Crippen LogP contribution in [0.15, 0.2) is 60.7 Å². The Hall–Kier alpha value is -4.03. The molecular formula is C37H42O8. The standard InChI is InChI=1S/C37H42O8/c1-45-35-21-29(25(22-38)17-34(35)43)28-19-27(39)20-32(41)30(11-7-10-24(28)16-23-8-3-2-4-9-23)37(15-6-5-12-36(37)44)26-13-14-31(40)33(42)18-26/h2-4,8-9,13-14,17-18,21,24,28,30,32,36,38,40-44H,5-6,11-12,15-16,19-20,22H2,1H3. The quantitative estimate of drug-likeness (QED) is 0.164. The number of Topliss-reactive ketones (excluding diaryl/α,β-unsaturated/α-hetero) is 1. The van der Waals surface area contributed by atoms with Crippen LogP contribution in [0, 0.1) is 23.7 Å². The Balaban J connectivity index is 1.63. The van der Waals surface area contributed by atoms with Crippen LogP contribution in [0.5, 0.6) is 23.0 Å². The monoisotopic (exact) mass is 614 g/mol. The van der Waals surface area contributed by atoms with Crippen molar-refractivity contribution in [2.45, 2.75) is 81.5 Å². The highest BCUT2D eigenvalue weighted by Gasteiger charge is 2.50. The van der Waals surface area contributed by atoms with Gasteiger partial charge in [0.25, 0.3) is 0 Å². The predicted molar refractivity (Wildman–Crippen MR) is 169 cm³/mol. The predicted octanol–water partition coefficient (Wildman–Crippen LogP) is 4.85. The number of ketones is 1. The molecular weight excluding hydrogens is 572 g/mol. The van der Waals surface area contributed by atoms with Crippen LogP contribution in [0.25, 0.3) is 0 Å². The number of ether oxygens (including phenoxy) is 1. The molecule has 3 aromatic rings. The zero-order chi connectivity index (χ0) is 32.1. The van der Waals surface area contributed by atoms with Gasteiger partial charge in [0.05, 0.1) is 25.9 Å². The van der Waals surface area contributed by atoms with E-state index in [0.29, 0.717) is 36.0 Å². The van der Waals surface area contributed by atoms with Crippen LogP contribution >= 0.6 is 0 Å². The van der Waals surface area contributed by atoms with E-state index < -0.39 is 29.5 Å². The smallest absolute Gasteiger partial charge is 0.160 e. The van der Waals surface area contributed by atoms with Gasteiger partial charge in [-0.2, -0.15) is 0 Å². The highest BCUT2D eigenvalue weighted by Crippen LogP contribution is 2.50. The first-order chi connectivity index (χ1) is 21.7. The van der Waals surface area contributed by atoms with Crippen molar-refractivity contribution in [2.75, 3.05) is 7.11 Å². The van der Waals surface area contributed by atoms with Crippen molar-refractivity contribution in [3.8, 4) is 34.8 Å². The lowest BCUT2D eigenvalue weighted by Gasteiger charge is -2.49. The fraction of sp³-hybridized carbons (Fsp3) is 0.432. The molecule has 8 heteroatoms. The van der Waals surface area contributed by atoms with Gasteiger partial charge in [0.15, 0.2) is 23.0 Å². The Morgan fingerprint density at radius 2 is 1.71 bits per heavy atom. The first-order valence-electron chi connectivity index (χ1n) is 15.6. The summed E-state index contributed by atoms with van der Waals surface area (Å²) in [6.07, 6.45) is 1.22. The van der Waals surface area contributed by atoms with Crippen molar-refractivity contribution in [1.29, 1.82) is 0 Å². The maximum Gasteiger partial charge on any atom is 0.160 e. The zero-order valence-electron chi connectivity index (χ0n) is 25.5. The molecule has 6 N–H and O–H groups in total. The number of benzene rings is 3. The van der Waals surface area contributed by atoms with E-state index in [1.807, 2.05) is 30.3 Å². The molecule has 0 bridgehead atoms. The van der Waals surface area contributed by atoms with Gasteiger partial charge in [0.2, 0.25) is 0 Å². The molecule has 5 rings (SSSR count). The van der Waals surface area contributed by atoms with E-state index in [4.69, 9.17) is 4.74 Å². The van der Waals surface area contributed by atoms with Crippen LogP contribution in [0.3, 0.4) is 0 Å². The number of carbonyl (C=O) groups is 1. The van der Waals surface area contributed by atoms with Crippen molar-refractivity contribution in [2.24, 2.45) is 11.8 Å². The first kappa shape index (κ1) is 32.4. The van der Waals surface area contributed by atoms with Crippen LogP contribution in [-0.2, 0) is 23.2 Å². The maximum atomic E-state index is 13.9.